The lowest BCUT2D eigenvalue weighted by atomic mass is 9.83. The van der Waals surface area contributed by atoms with Crippen LogP contribution < -0.4 is 9.47 Å². The Bertz CT molecular complexity index is 1160. The van der Waals surface area contributed by atoms with Crippen LogP contribution in [0, 0.1) is 5.92 Å². The number of aliphatic carboxylic acids is 1. The van der Waals surface area contributed by atoms with Gasteiger partial charge in [-0.1, -0.05) is 19.4 Å². The number of nitrogens with zero attached hydrogens (tertiary/aromatic N) is 5. The molecule has 2 aliphatic rings. The van der Waals surface area contributed by atoms with Gasteiger partial charge in [0.15, 0.2) is 11.5 Å². The zero-order chi connectivity index (χ0) is 28.9. The van der Waals surface area contributed by atoms with E-state index in [-0.39, 0.29) is 31.2 Å². The van der Waals surface area contributed by atoms with Crippen molar-refractivity contribution in [2.45, 2.75) is 51.0 Å². The number of benzene rings is 1. The number of rotatable bonds is 14. The van der Waals surface area contributed by atoms with Crippen LogP contribution in [0.4, 0.5) is 0 Å². The highest BCUT2D eigenvalue weighted by Gasteiger charge is 2.47. The Kier molecular flexibility index (Phi) is 9.73. The molecule has 0 radical (unpaired) electrons. The first-order valence-electron chi connectivity index (χ1n) is 14.5. The van der Waals surface area contributed by atoms with Crippen LogP contribution in [0.15, 0.2) is 30.6 Å². The van der Waals surface area contributed by atoms with Gasteiger partial charge in [-0.2, -0.15) is 0 Å². The highest BCUT2D eigenvalue weighted by atomic mass is 16.7. The number of ether oxygens (including phenoxy) is 2. The Labute approximate surface area is 238 Å². The number of hydrogen-bond donors (Lipinski definition) is 1. The summed E-state index contributed by atoms with van der Waals surface area (Å²) in [4.78, 5) is 35.1. The van der Waals surface area contributed by atoms with Crippen molar-refractivity contribution < 1.29 is 28.7 Å². The standard InChI is InChI=1S/C30H45N5O5/c1-6-7-14-33(15-8-17-35(3,4)5)28(36)20-34-19-23(22-9-11-25-26(18-22)40-21-39-25)29(30(37)38)24(34)10-12-27-31-13-16-32(27)2/h9,11,13,16,18,23-24,29H,6-8,10,12,14-15,17,19-21H2,1-5H3/p+1. The lowest BCUT2D eigenvalue weighted by Crippen LogP contribution is -2.45. The van der Waals surface area contributed by atoms with Crippen molar-refractivity contribution in [3.63, 3.8) is 0 Å². The van der Waals surface area contributed by atoms with Crippen molar-refractivity contribution in [2.24, 2.45) is 13.0 Å². The molecule has 1 amide bonds. The summed E-state index contributed by atoms with van der Waals surface area (Å²) in [6.07, 6.45) is 7.80. The third-order valence-electron chi connectivity index (χ3n) is 8.17. The van der Waals surface area contributed by atoms with Gasteiger partial charge in [0.05, 0.1) is 40.2 Å². The number of unbranched alkanes of at least 4 members (excludes halogenated alkanes) is 1. The number of quaternary nitrogens is 1. The van der Waals surface area contributed by atoms with Gasteiger partial charge in [-0.05, 0) is 30.5 Å². The van der Waals surface area contributed by atoms with E-state index in [1.54, 1.807) is 6.20 Å². The molecule has 0 saturated carbocycles. The zero-order valence-electron chi connectivity index (χ0n) is 24.7. The fourth-order valence-corrected chi connectivity index (χ4v) is 5.97. The van der Waals surface area contributed by atoms with Crippen molar-refractivity contribution in [1.29, 1.82) is 0 Å². The Balaban J connectivity index is 1.57. The molecule has 1 aromatic carbocycles. The van der Waals surface area contributed by atoms with Crippen molar-refractivity contribution in [3.8, 4) is 11.5 Å². The fraction of sp³-hybridized carbons (Fsp3) is 0.633. The van der Waals surface area contributed by atoms with E-state index >= 15 is 0 Å². The van der Waals surface area contributed by atoms with Crippen LogP contribution in [0.3, 0.4) is 0 Å². The molecule has 1 N–H and O–H groups in total. The molecule has 1 aromatic heterocycles. The molecule has 1 fully saturated rings. The SMILES string of the molecule is CCCCN(CCC[N+](C)(C)C)C(=O)CN1CC(c2ccc3c(c2)OCO3)C(C(=O)O)C1CCc1nccn1C. The summed E-state index contributed by atoms with van der Waals surface area (Å²) in [6, 6.07) is 5.40. The van der Waals surface area contributed by atoms with Crippen LogP contribution in [0.1, 0.15) is 49.9 Å². The molecule has 4 rings (SSSR count). The van der Waals surface area contributed by atoms with Gasteiger partial charge in [-0.15, -0.1) is 0 Å². The Morgan fingerprint density at radius 2 is 1.90 bits per heavy atom. The second kappa shape index (κ2) is 13.0. The van der Waals surface area contributed by atoms with E-state index in [0.717, 1.165) is 48.2 Å². The number of carboxylic acids is 1. The third kappa shape index (κ3) is 7.34. The molecule has 3 unspecified atom stereocenters. The molecule has 0 bridgehead atoms. The van der Waals surface area contributed by atoms with Gasteiger partial charge in [0.25, 0.3) is 0 Å². The normalized spacial score (nSPS) is 20.7. The van der Waals surface area contributed by atoms with Crippen molar-refractivity contribution in [1.82, 2.24) is 19.4 Å². The molecule has 0 aliphatic carbocycles. The van der Waals surface area contributed by atoms with E-state index in [2.05, 4.69) is 38.0 Å². The Hall–Kier alpha value is -3.11. The van der Waals surface area contributed by atoms with Crippen LogP contribution in [-0.4, -0.2) is 108 Å². The van der Waals surface area contributed by atoms with Crippen LogP contribution in [-0.2, 0) is 23.1 Å². The minimum absolute atomic E-state index is 0.0762. The van der Waals surface area contributed by atoms with E-state index in [1.165, 1.54) is 0 Å². The van der Waals surface area contributed by atoms with E-state index in [1.807, 2.05) is 40.9 Å². The number of amides is 1. The lowest BCUT2D eigenvalue weighted by Gasteiger charge is -2.30. The minimum atomic E-state index is -0.840. The Morgan fingerprint density at radius 1 is 1.15 bits per heavy atom. The smallest absolute Gasteiger partial charge is 0.308 e. The first-order valence-corrected chi connectivity index (χ1v) is 14.5. The fourth-order valence-electron chi connectivity index (χ4n) is 5.97. The second-order valence-corrected chi connectivity index (χ2v) is 12.2. The van der Waals surface area contributed by atoms with Gasteiger partial charge in [0.1, 0.15) is 5.82 Å². The number of aromatic nitrogens is 2. The summed E-state index contributed by atoms with van der Waals surface area (Å²) >= 11 is 0. The molecule has 10 nitrogen and oxygen atoms in total. The second-order valence-electron chi connectivity index (χ2n) is 12.2. The average Bonchev–Trinajstić information content (AvgIpc) is 3.62. The van der Waals surface area contributed by atoms with Crippen molar-refractivity contribution in [2.75, 3.05) is 60.7 Å². The van der Waals surface area contributed by atoms with E-state index in [4.69, 9.17) is 9.47 Å². The maximum Gasteiger partial charge on any atom is 0.308 e. The summed E-state index contributed by atoms with van der Waals surface area (Å²) in [7, 11) is 8.44. The molecule has 10 heteroatoms. The molecule has 40 heavy (non-hydrogen) atoms. The maximum atomic E-state index is 13.7. The highest BCUT2D eigenvalue weighted by Crippen LogP contribution is 2.43. The lowest BCUT2D eigenvalue weighted by molar-refractivity contribution is -0.870. The third-order valence-corrected chi connectivity index (χ3v) is 8.17. The largest absolute Gasteiger partial charge is 0.481 e. The monoisotopic (exact) mass is 556 g/mol. The van der Waals surface area contributed by atoms with Crippen molar-refractivity contribution >= 4 is 11.9 Å². The number of carboxylic acid groups (broad SMARTS) is 1. The van der Waals surface area contributed by atoms with Crippen LogP contribution in [0.25, 0.3) is 0 Å². The minimum Gasteiger partial charge on any atom is -0.481 e. The van der Waals surface area contributed by atoms with Gasteiger partial charge in [0.2, 0.25) is 12.7 Å². The predicted octanol–water partition coefficient (Wildman–Crippen LogP) is 2.98. The molecular formula is C30H46N5O5+. The summed E-state index contributed by atoms with van der Waals surface area (Å²) in [5.41, 5.74) is 0.902. The number of carbonyl (C=O) groups excluding carboxylic acids is 1. The van der Waals surface area contributed by atoms with Gasteiger partial charge < -0.3 is 28.5 Å². The first-order chi connectivity index (χ1) is 19.1. The summed E-state index contributed by atoms with van der Waals surface area (Å²) in [5.74, 6) is 0.535. The quantitative estimate of drug-likeness (QED) is 0.358. The van der Waals surface area contributed by atoms with Gasteiger partial charge in [-0.25, -0.2) is 4.98 Å². The number of likely N-dealkylation sites (tertiary alicyclic amines) is 1. The van der Waals surface area contributed by atoms with Crippen LogP contribution >= 0.6 is 0 Å². The molecular weight excluding hydrogens is 510 g/mol. The topological polar surface area (TPSA) is 97.1 Å². The molecule has 1 saturated heterocycles. The zero-order valence-corrected chi connectivity index (χ0v) is 24.7. The average molecular weight is 557 g/mol. The van der Waals surface area contributed by atoms with Crippen molar-refractivity contribution in [3.05, 3.63) is 42.0 Å². The molecule has 2 aromatic rings. The summed E-state index contributed by atoms with van der Waals surface area (Å²) < 4.78 is 13.9. The number of aryl methyl sites for hydroxylation is 2. The highest BCUT2D eigenvalue weighted by molar-refractivity contribution is 5.79. The number of carbonyl (C=O) groups is 2. The van der Waals surface area contributed by atoms with E-state index < -0.39 is 11.9 Å². The number of fused-ring (bicyclic) bond motifs is 1. The number of hydrogen-bond acceptors (Lipinski definition) is 6. The first kappa shape index (κ1) is 29.9. The number of imidazole rings is 1. The Morgan fingerprint density at radius 3 is 2.58 bits per heavy atom. The van der Waals surface area contributed by atoms with Crippen LogP contribution in [0.5, 0.6) is 11.5 Å². The molecule has 3 heterocycles. The molecule has 220 valence electrons. The summed E-state index contributed by atoms with van der Waals surface area (Å²) in [5, 5.41) is 10.5. The van der Waals surface area contributed by atoms with Gasteiger partial charge in [0, 0.05) is 63.9 Å². The van der Waals surface area contributed by atoms with Gasteiger partial charge in [-0.3, -0.25) is 14.5 Å². The van der Waals surface area contributed by atoms with Gasteiger partial charge >= 0.3 is 5.97 Å². The predicted molar refractivity (Wildman–Crippen MR) is 152 cm³/mol. The summed E-state index contributed by atoms with van der Waals surface area (Å²) in [6.45, 7) is 5.44. The van der Waals surface area contributed by atoms with E-state index in [0.29, 0.717) is 37.4 Å². The molecule has 2 aliphatic heterocycles. The molecule has 0 spiro atoms. The van der Waals surface area contributed by atoms with Crippen LogP contribution in [0.2, 0.25) is 0 Å². The maximum absolute atomic E-state index is 13.7. The molecule has 3 atom stereocenters. The van der Waals surface area contributed by atoms with E-state index in [9.17, 15) is 14.7 Å².